The number of hydrogen-bond acceptors (Lipinski definition) is 2. The molecule has 2 rings (SSSR count). The van der Waals surface area contributed by atoms with E-state index >= 15 is 0 Å². The predicted octanol–water partition coefficient (Wildman–Crippen LogP) is 4.01. The van der Waals surface area contributed by atoms with Crippen LogP contribution in [0.3, 0.4) is 0 Å². The quantitative estimate of drug-likeness (QED) is 0.906. The van der Waals surface area contributed by atoms with Crippen molar-refractivity contribution in [1.29, 1.82) is 0 Å². The zero-order valence-electron chi connectivity index (χ0n) is 12.2. The Morgan fingerprint density at radius 2 is 1.90 bits per heavy atom. The third-order valence-electron chi connectivity index (χ3n) is 4.33. The lowest BCUT2D eigenvalue weighted by molar-refractivity contribution is -0.0843. The molecule has 112 valence electrons. The SMILES string of the molecule is CCOC1(C(N)c2c(F)ccc(C)c2F)CCCCC1. The van der Waals surface area contributed by atoms with E-state index in [0.29, 0.717) is 12.2 Å². The lowest BCUT2D eigenvalue weighted by atomic mass is 9.76. The Morgan fingerprint density at radius 3 is 2.50 bits per heavy atom. The van der Waals surface area contributed by atoms with Gasteiger partial charge < -0.3 is 10.5 Å². The van der Waals surface area contributed by atoms with E-state index in [0.717, 1.165) is 32.1 Å². The second-order valence-electron chi connectivity index (χ2n) is 5.63. The predicted molar refractivity (Wildman–Crippen MR) is 75.5 cm³/mol. The summed E-state index contributed by atoms with van der Waals surface area (Å²) in [4.78, 5) is 0. The molecular weight excluding hydrogens is 260 g/mol. The van der Waals surface area contributed by atoms with Gasteiger partial charge >= 0.3 is 0 Å². The fourth-order valence-corrected chi connectivity index (χ4v) is 3.21. The van der Waals surface area contributed by atoms with E-state index in [-0.39, 0.29) is 5.56 Å². The summed E-state index contributed by atoms with van der Waals surface area (Å²) in [5, 5.41) is 0. The summed E-state index contributed by atoms with van der Waals surface area (Å²) in [5.41, 5.74) is 6.01. The van der Waals surface area contributed by atoms with Gasteiger partial charge in [-0.1, -0.05) is 25.3 Å². The number of ether oxygens (including phenoxy) is 1. The molecular formula is C16H23F2NO. The van der Waals surface area contributed by atoms with Crippen molar-refractivity contribution in [3.8, 4) is 0 Å². The van der Waals surface area contributed by atoms with Crippen LogP contribution in [-0.2, 0) is 4.74 Å². The van der Waals surface area contributed by atoms with Crippen molar-refractivity contribution in [2.45, 2.75) is 57.6 Å². The molecule has 1 fully saturated rings. The normalized spacial score (nSPS) is 19.9. The minimum Gasteiger partial charge on any atom is -0.373 e. The molecule has 1 unspecified atom stereocenters. The lowest BCUT2D eigenvalue weighted by Gasteiger charge is -2.42. The summed E-state index contributed by atoms with van der Waals surface area (Å²) in [6, 6.07) is 1.97. The Bertz CT molecular complexity index is 464. The van der Waals surface area contributed by atoms with E-state index in [2.05, 4.69) is 0 Å². The fourth-order valence-electron chi connectivity index (χ4n) is 3.21. The molecule has 20 heavy (non-hydrogen) atoms. The van der Waals surface area contributed by atoms with E-state index in [1.807, 2.05) is 6.92 Å². The molecule has 0 radical (unpaired) electrons. The average molecular weight is 283 g/mol. The molecule has 0 bridgehead atoms. The molecule has 0 amide bonds. The molecule has 1 saturated carbocycles. The highest BCUT2D eigenvalue weighted by Crippen LogP contribution is 2.41. The minimum absolute atomic E-state index is 0.0275. The Hall–Kier alpha value is -1.00. The van der Waals surface area contributed by atoms with Gasteiger partial charge in [-0.05, 0) is 38.3 Å². The van der Waals surface area contributed by atoms with Crippen LogP contribution in [0.5, 0.6) is 0 Å². The van der Waals surface area contributed by atoms with Gasteiger partial charge in [0.1, 0.15) is 11.6 Å². The van der Waals surface area contributed by atoms with Gasteiger partial charge in [-0.2, -0.15) is 0 Å². The van der Waals surface area contributed by atoms with Crippen LogP contribution in [-0.4, -0.2) is 12.2 Å². The van der Waals surface area contributed by atoms with Crippen molar-refractivity contribution in [3.63, 3.8) is 0 Å². The summed E-state index contributed by atoms with van der Waals surface area (Å²) in [5.74, 6) is -1.12. The largest absolute Gasteiger partial charge is 0.373 e. The first-order valence-corrected chi connectivity index (χ1v) is 7.36. The molecule has 1 aliphatic carbocycles. The van der Waals surface area contributed by atoms with Crippen LogP contribution in [0, 0.1) is 18.6 Å². The molecule has 0 aromatic heterocycles. The maximum Gasteiger partial charge on any atom is 0.133 e. The van der Waals surface area contributed by atoms with Gasteiger partial charge in [0.15, 0.2) is 0 Å². The summed E-state index contributed by atoms with van der Waals surface area (Å²) < 4.78 is 34.3. The fraction of sp³-hybridized carbons (Fsp3) is 0.625. The van der Waals surface area contributed by atoms with E-state index < -0.39 is 23.3 Å². The van der Waals surface area contributed by atoms with Crippen LogP contribution >= 0.6 is 0 Å². The molecule has 1 aromatic carbocycles. The van der Waals surface area contributed by atoms with Crippen molar-refractivity contribution in [3.05, 3.63) is 34.9 Å². The van der Waals surface area contributed by atoms with Crippen molar-refractivity contribution >= 4 is 0 Å². The minimum atomic E-state index is -0.761. The lowest BCUT2D eigenvalue weighted by Crippen LogP contribution is -2.46. The van der Waals surface area contributed by atoms with Crippen LogP contribution in [0.2, 0.25) is 0 Å². The van der Waals surface area contributed by atoms with Crippen LogP contribution in [0.15, 0.2) is 12.1 Å². The number of benzene rings is 1. The second kappa shape index (κ2) is 6.19. The van der Waals surface area contributed by atoms with Gasteiger partial charge in [-0.25, -0.2) is 8.78 Å². The van der Waals surface area contributed by atoms with Crippen molar-refractivity contribution in [1.82, 2.24) is 0 Å². The zero-order chi connectivity index (χ0) is 14.8. The zero-order valence-corrected chi connectivity index (χ0v) is 12.2. The Kier molecular flexibility index (Phi) is 4.76. The molecule has 2 N–H and O–H groups in total. The van der Waals surface area contributed by atoms with Crippen molar-refractivity contribution in [2.75, 3.05) is 6.61 Å². The van der Waals surface area contributed by atoms with Gasteiger partial charge in [0.05, 0.1) is 11.6 Å². The van der Waals surface area contributed by atoms with Crippen LogP contribution in [0.1, 0.15) is 56.2 Å². The number of nitrogens with two attached hydrogens (primary N) is 1. The molecule has 2 nitrogen and oxygen atoms in total. The highest BCUT2D eigenvalue weighted by atomic mass is 19.1. The van der Waals surface area contributed by atoms with Gasteiger partial charge in [0.25, 0.3) is 0 Å². The Balaban J connectivity index is 2.42. The van der Waals surface area contributed by atoms with E-state index in [1.54, 1.807) is 6.92 Å². The molecule has 0 saturated heterocycles. The number of hydrogen-bond donors (Lipinski definition) is 1. The standard InChI is InChI=1S/C16H23F2NO/c1-3-20-16(9-5-4-6-10-16)15(19)13-12(17)8-7-11(2)14(13)18/h7-8,15H,3-6,9-10,19H2,1-2H3. The molecule has 0 aliphatic heterocycles. The third kappa shape index (κ3) is 2.72. The summed E-state index contributed by atoms with van der Waals surface area (Å²) in [7, 11) is 0. The maximum absolute atomic E-state index is 14.3. The van der Waals surface area contributed by atoms with E-state index in [9.17, 15) is 8.78 Å². The Labute approximate surface area is 119 Å². The van der Waals surface area contributed by atoms with Gasteiger partial charge in [0, 0.05) is 12.2 Å². The smallest absolute Gasteiger partial charge is 0.133 e. The molecule has 1 aromatic rings. The van der Waals surface area contributed by atoms with Crippen molar-refractivity contribution < 1.29 is 13.5 Å². The summed E-state index contributed by atoms with van der Waals surface area (Å²) >= 11 is 0. The van der Waals surface area contributed by atoms with Crippen molar-refractivity contribution in [2.24, 2.45) is 5.73 Å². The van der Waals surface area contributed by atoms with Crippen LogP contribution in [0.25, 0.3) is 0 Å². The van der Waals surface area contributed by atoms with Crippen LogP contribution < -0.4 is 5.73 Å². The van der Waals surface area contributed by atoms with Gasteiger partial charge in [-0.15, -0.1) is 0 Å². The molecule has 4 heteroatoms. The van der Waals surface area contributed by atoms with Gasteiger partial charge in [-0.3, -0.25) is 0 Å². The van der Waals surface area contributed by atoms with E-state index in [4.69, 9.17) is 10.5 Å². The molecule has 1 aliphatic rings. The second-order valence-corrected chi connectivity index (χ2v) is 5.63. The average Bonchev–Trinajstić information content (AvgIpc) is 2.44. The molecule has 1 atom stereocenters. The number of halogens is 2. The monoisotopic (exact) mass is 283 g/mol. The third-order valence-corrected chi connectivity index (χ3v) is 4.33. The summed E-state index contributed by atoms with van der Waals surface area (Å²) in [6.07, 6.45) is 4.62. The first-order chi connectivity index (χ1) is 9.52. The highest BCUT2D eigenvalue weighted by Gasteiger charge is 2.41. The molecule has 0 spiro atoms. The highest BCUT2D eigenvalue weighted by molar-refractivity contribution is 5.31. The van der Waals surface area contributed by atoms with Gasteiger partial charge in [0.2, 0.25) is 0 Å². The van der Waals surface area contributed by atoms with E-state index in [1.165, 1.54) is 12.1 Å². The first-order valence-electron chi connectivity index (χ1n) is 7.36. The Morgan fingerprint density at radius 1 is 1.25 bits per heavy atom. The first kappa shape index (κ1) is 15.4. The maximum atomic E-state index is 14.3. The van der Waals surface area contributed by atoms with Crippen LogP contribution in [0.4, 0.5) is 8.78 Å². The molecule has 0 heterocycles. The summed E-state index contributed by atoms with van der Waals surface area (Å²) in [6.45, 7) is 4.02. The number of aryl methyl sites for hydroxylation is 1. The number of rotatable bonds is 4. The topological polar surface area (TPSA) is 35.2 Å².